The summed E-state index contributed by atoms with van der Waals surface area (Å²) in [6.45, 7) is 1.95. The number of ether oxygens (including phenoxy) is 1. The molecule has 0 spiro atoms. The molecule has 0 bridgehead atoms. The lowest BCUT2D eigenvalue weighted by molar-refractivity contribution is 0.401. The largest absolute Gasteiger partial charge is 0.479 e. The van der Waals surface area contributed by atoms with Crippen molar-refractivity contribution in [3.05, 3.63) is 16.5 Å². The molecule has 0 radical (unpaired) electrons. The van der Waals surface area contributed by atoms with Crippen LogP contribution in [0.4, 0.5) is 0 Å². The van der Waals surface area contributed by atoms with Gasteiger partial charge in [-0.1, -0.05) is 0 Å². The molecule has 0 unspecified atom stereocenters. The first-order valence-electron chi connectivity index (χ1n) is 4.16. The number of hydrogen-bond acceptors (Lipinski definition) is 3. The Balaban J connectivity index is 2.92. The Morgan fingerprint density at radius 2 is 2.21 bits per heavy atom. The maximum atomic E-state index is 5.18. The molecule has 14 heavy (non-hydrogen) atoms. The normalized spacial score (nSPS) is 10.9. The molecule has 2 heterocycles. The molecule has 0 fully saturated rings. The number of aromatic nitrogens is 3. The van der Waals surface area contributed by atoms with Crippen LogP contribution in [0.15, 0.2) is 10.7 Å². The van der Waals surface area contributed by atoms with E-state index in [0.717, 1.165) is 21.3 Å². The van der Waals surface area contributed by atoms with Crippen molar-refractivity contribution >= 4 is 27.0 Å². The Labute approximate surface area is 90.0 Å². The number of aryl methyl sites for hydroxylation is 2. The van der Waals surface area contributed by atoms with E-state index in [9.17, 15) is 0 Å². The van der Waals surface area contributed by atoms with Gasteiger partial charge in [-0.25, -0.2) is 9.97 Å². The second-order valence-electron chi connectivity index (χ2n) is 3.03. The van der Waals surface area contributed by atoms with E-state index in [-0.39, 0.29) is 0 Å². The average Bonchev–Trinajstić information content (AvgIpc) is 2.47. The van der Waals surface area contributed by atoms with Crippen LogP contribution in [0.2, 0.25) is 0 Å². The average molecular weight is 256 g/mol. The van der Waals surface area contributed by atoms with Gasteiger partial charge in [0.05, 0.1) is 11.6 Å². The number of hydrogen-bond donors (Lipinski definition) is 0. The smallest absolute Gasteiger partial charge is 0.240 e. The lowest BCUT2D eigenvalue weighted by atomic mass is 10.4. The van der Waals surface area contributed by atoms with Crippen molar-refractivity contribution in [2.75, 3.05) is 7.11 Å². The van der Waals surface area contributed by atoms with Crippen LogP contribution in [0.1, 0.15) is 5.82 Å². The van der Waals surface area contributed by atoms with E-state index in [1.54, 1.807) is 13.3 Å². The van der Waals surface area contributed by atoms with Gasteiger partial charge in [0.1, 0.15) is 16.9 Å². The predicted molar refractivity (Wildman–Crippen MR) is 57.5 cm³/mol. The molecule has 2 rings (SSSR count). The summed E-state index contributed by atoms with van der Waals surface area (Å²) in [6, 6.07) is 0. The second kappa shape index (κ2) is 3.24. The molecule has 2 aromatic heterocycles. The fourth-order valence-corrected chi connectivity index (χ4v) is 1.79. The molecule has 74 valence electrons. The fourth-order valence-electron chi connectivity index (χ4n) is 1.41. The first-order valence-corrected chi connectivity index (χ1v) is 4.96. The number of methoxy groups -OCH3 is 1. The zero-order valence-corrected chi connectivity index (χ0v) is 9.79. The number of rotatable bonds is 1. The van der Waals surface area contributed by atoms with Gasteiger partial charge in [0.2, 0.25) is 5.88 Å². The Bertz CT molecular complexity index is 492. The minimum absolute atomic E-state index is 0.603. The van der Waals surface area contributed by atoms with E-state index >= 15 is 0 Å². The Hall–Kier alpha value is -1.10. The molecule has 0 amide bonds. The van der Waals surface area contributed by atoms with E-state index < -0.39 is 0 Å². The summed E-state index contributed by atoms with van der Waals surface area (Å²) in [7, 11) is 3.55. The van der Waals surface area contributed by atoms with Crippen molar-refractivity contribution in [3.63, 3.8) is 0 Å². The van der Waals surface area contributed by atoms with Crippen LogP contribution >= 0.6 is 15.9 Å². The van der Waals surface area contributed by atoms with Gasteiger partial charge in [-0.05, 0) is 22.9 Å². The van der Waals surface area contributed by atoms with Gasteiger partial charge < -0.3 is 9.30 Å². The van der Waals surface area contributed by atoms with Gasteiger partial charge in [-0.15, -0.1) is 0 Å². The monoisotopic (exact) mass is 255 g/mol. The van der Waals surface area contributed by atoms with Crippen LogP contribution in [0.5, 0.6) is 5.88 Å². The fraction of sp³-hybridized carbons (Fsp3) is 0.333. The van der Waals surface area contributed by atoms with Crippen LogP contribution < -0.4 is 4.74 Å². The quantitative estimate of drug-likeness (QED) is 0.783. The van der Waals surface area contributed by atoms with Gasteiger partial charge >= 0.3 is 0 Å². The first kappa shape index (κ1) is 9.45. The lowest BCUT2D eigenvalue weighted by Crippen LogP contribution is -1.95. The standard InChI is InChI=1S/C9H10BrN3O/c1-5-12-7-6(10)4-11-9(14-3)8(7)13(5)2/h4H,1-3H3. The maximum Gasteiger partial charge on any atom is 0.240 e. The molecule has 2 aromatic rings. The van der Waals surface area contributed by atoms with E-state index in [1.165, 1.54) is 0 Å². The van der Waals surface area contributed by atoms with Crippen molar-refractivity contribution in [1.29, 1.82) is 0 Å². The second-order valence-corrected chi connectivity index (χ2v) is 3.88. The van der Waals surface area contributed by atoms with Crippen molar-refractivity contribution in [1.82, 2.24) is 14.5 Å². The van der Waals surface area contributed by atoms with E-state index in [1.807, 2.05) is 18.5 Å². The molecular weight excluding hydrogens is 246 g/mol. The molecule has 0 saturated carbocycles. The van der Waals surface area contributed by atoms with Crippen LogP contribution in [-0.4, -0.2) is 21.6 Å². The topological polar surface area (TPSA) is 39.9 Å². The summed E-state index contributed by atoms with van der Waals surface area (Å²) in [5.74, 6) is 1.54. The van der Waals surface area contributed by atoms with Crippen molar-refractivity contribution in [3.8, 4) is 5.88 Å². The van der Waals surface area contributed by atoms with Crippen LogP contribution in [-0.2, 0) is 7.05 Å². The maximum absolute atomic E-state index is 5.18. The van der Waals surface area contributed by atoms with E-state index in [2.05, 4.69) is 25.9 Å². The van der Waals surface area contributed by atoms with Gasteiger partial charge in [0.25, 0.3) is 0 Å². The van der Waals surface area contributed by atoms with Crippen LogP contribution in [0.25, 0.3) is 11.0 Å². The molecule has 0 N–H and O–H groups in total. The zero-order chi connectivity index (χ0) is 10.3. The summed E-state index contributed by atoms with van der Waals surface area (Å²) in [4.78, 5) is 8.59. The van der Waals surface area contributed by atoms with E-state index in [0.29, 0.717) is 5.88 Å². The third-order valence-electron chi connectivity index (χ3n) is 2.24. The van der Waals surface area contributed by atoms with Gasteiger partial charge in [0.15, 0.2) is 0 Å². The molecule has 0 aliphatic heterocycles. The molecule has 0 aliphatic carbocycles. The Morgan fingerprint density at radius 1 is 1.50 bits per heavy atom. The zero-order valence-electron chi connectivity index (χ0n) is 8.21. The summed E-state index contributed by atoms with van der Waals surface area (Å²) >= 11 is 3.41. The number of nitrogens with zero attached hydrogens (tertiary/aromatic N) is 3. The molecular formula is C9H10BrN3O. The summed E-state index contributed by atoms with van der Waals surface area (Å²) in [6.07, 6.45) is 1.70. The van der Waals surface area contributed by atoms with Crippen LogP contribution in [0.3, 0.4) is 0 Å². The predicted octanol–water partition coefficient (Wildman–Crippen LogP) is 2.05. The number of pyridine rings is 1. The van der Waals surface area contributed by atoms with Crippen molar-refractivity contribution in [2.45, 2.75) is 6.92 Å². The molecule has 0 aromatic carbocycles. The van der Waals surface area contributed by atoms with E-state index in [4.69, 9.17) is 4.74 Å². The summed E-state index contributed by atoms with van der Waals surface area (Å²) in [5, 5.41) is 0. The third kappa shape index (κ3) is 1.19. The first-order chi connectivity index (χ1) is 6.65. The highest BCUT2D eigenvalue weighted by molar-refractivity contribution is 9.10. The SMILES string of the molecule is COc1ncc(Br)c2nc(C)n(C)c12. The van der Waals surface area contributed by atoms with Gasteiger partial charge in [-0.2, -0.15) is 0 Å². The molecule has 0 aliphatic rings. The Morgan fingerprint density at radius 3 is 2.86 bits per heavy atom. The Kier molecular flexibility index (Phi) is 2.19. The van der Waals surface area contributed by atoms with Crippen LogP contribution in [0, 0.1) is 6.92 Å². The van der Waals surface area contributed by atoms with Gasteiger partial charge in [-0.3, -0.25) is 0 Å². The van der Waals surface area contributed by atoms with Crippen molar-refractivity contribution < 1.29 is 4.74 Å². The highest BCUT2D eigenvalue weighted by Crippen LogP contribution is 2.28. The molecule has 0 atom stereocenters. The summed E-state index contributed by atoms with van der Waals surface area (Å²) < 4.78 is 8.03. The number of halogens is 1. The van der Waals surface area contributed by atoms with Crippen molar-refractivity contribution in [2.24, 2.45) is 7.05 Å². The minimum atomic E-state index is 0.603. The van der Waals surface area contributed by atoms with Gasteiger partial charge in [0, 0.05) is 13.2 Å². The molecule has 4 nitrogen and oxygen atoms in total. The highest BCUT2D eigenvalue weighted by Gasteiger charge is 2.13. The summed E-state index contributed by atoms with van der Waals surface area (Å²) in [5.41, 5.74) is 1.80. The highest BCUT2D eigenvalue weighted by atomic mass is 79.9. The number of fused-ring (bicyclic) bond motifs is 1. The lowest BCUT2D eigenvalue weighted by Gasteiger charge is -2.03. The third-order valence-corrected chi connectivity index (χ3v) is 2.82. The molecule has 5 heteroatoms. The number of imidazole rings is 1. The minimum Gasteiger partial charge on any atom is -0.479 e. The molecule has 0 saturated heterocycles.